The molecule has 1 aromatic carbocycles. The highest BCUT2D eigenvalue weighted by molar-refractivity contribution is 7.98. The minimum absolute atomic E-state index is 0.00388. The quantitative estimate of drug-likeness (QED) is 0.851. The largest absolute Gasteiger partial charge is 0.338 e. The van der Waals surface area contributed by atoms with Gasteiger partial charge in [-0.25, -0.2) is 0 Å². The summed E-state index contributed by atoms with van der Waals surface area (Å²) in [6.07, 6.45) is 2.71. The van der Waals surface area contributed by atoms with Gasteiger partial charge in [0.25, 0.3) is 5.91 Å². The lowest BCUT2D eigenvalue weighted by atomic mass is 10.1. The highest BCUT2D eigenvalue weighted by atomic mass is 32.2. The minimum atomic E-state index is -0.436. The first kappa shape index (κ1) is 19.2. The summed E-state index contributed by atoms with van der Waals surface area (Å²) in [6, 6.07) is 7.67. The van der Waals surface area contributed by atoms with E-state index in [4.69, 9.17) is 5.73 Å². The summed E-state index contributed by atoms with van der Waals surface area (Å²) in [7, 11) is 0. The smallest absolute Gasteiger partial charge is 0.264 e. The lowest BCUT2D eigenvalue weighted by Crippen LogP contribution is -2.54. The SMILES string of the molecule is CSCC[C@H](N)C(=O)N1CCN(C(=O)c2sc3ccccc3c2C)CC1. The van der Waals surface area contributed by atoms with Crippen molar-refractivity contribution in [2.45, 2.75) is 19.4 Å². The molecular formula is C19H25N3O2S2. The van der Waals surface area contributed by atoms with Gasteiger partial charge in [0, 0.05) is 30.9 Å². The van der Waals surface area contributed by atoms with Crippen molar-refractivity contribution in [2.24, 2.45) is 5.73 Å². The lowest BCUT2D eigenvalue weighted by Gasteiger charge is -2.35. The van der Waals surface area contributed by atoms with Gasteiger partial charge in [-0.3, -0.25) is 9.59 Å². The zero-order valence-corrected chi connectivity index (χ0v) is 16.9. The van der Waals surface area contributed by atoms with Gasteiger partial charge in [0.1, 0.15) is 0 Å². The summed E-state index contributed by atoms with van der Waals surface area (Å²) in [5.41, 5.74) is 7.05. The summed E-state index contributed by atoms with van der Waals surface area (Å²) in [4.78, 5) is 29.8. The molecule has 0 bridgehead atoms. The number of aryl methyl sites for hydroxylation is 1. The van der Waals surface area contributed by atoms with Crippen LogP contribution in [-0.4, -0.2) is 65.8 Å². The maximum atomic E-state index is 12.9. The van der Waals surface area contributed by atoms with E-state index in [0.29, 0.717) is 32.6 Å². The fourth-order valence-electron chi connectivity index (χ4n) is 3.25. The number of piperazine rings is 1. The molecule has 5 nitrogen and oxygen atoms in total. The van der Waals surface area contributed by atoms with Crippen LogP contribution in [-0.2, 0) is 4.79 Å². The van der Waals surface area contributed by atoms with Crippen LogP contribution in [0.25, 0.3) is 10.1 Å². The van der Waals surface area contributed by atoms with Crippen molar-refractivity contribution in [1.82, 2.24) is 9.80 Å². The van der Waals surface area contributed by atoms with Gasteiger partial charge in [-0.1, -0.05) is 18.2 Å². The van der Waals surface area contributed by atoms with Gasteiger partial charge in [0.2, 0.25) is 5.91 Å². The molecule has 1 aliphatic heterocycles. The van der Waals surface area contributed by atoms with Gasteiger partial charge >= 0.3 is 0 Å². The van der Waals surface area contributed by atoms with Crippen molar-refractivity contribution in [1.29, 1.82) is 0 Å². The Hall–Kier alpha value is -1.57. The van der Waals surface area contributed by atoms with E-state index in [1.807, 2.05) is 30.2 Å². The fraction of sp³-hybridized carbons (Fsp3) is 0.474. The number of fused-ring (bicyclic) bond motifs is 1. The maximum absolute atomic E-state index is 12.9. The van der Waals surface area contributed by atoms with Crippen molar-refractivity contribution >= 4 is 45.0 Å². The maximum Gasteiger partial charge on any atom is 0.264 e. The minimum Gasteiger partial charge on any atom is -0.338 e. The number of hydrogen-bond donors (Lipinski definition) is 1. The number of nitrogens with two attached hydrogens (primary N) is 1. The summed E-state index contributed by atoms with van der Waals surface area (Å²) < 4.78 is 1.14. The van der Waals surface area contributed by atoms with Crippen LogP contribution in [0.4, 0.5) is 0 Å². The van der Waals surface area contributed by atoms with Crippen molar-refractivity contribution in [2.75, 3.05) is 38.2 Å². The van der Waals surface area contributed by atoms with E-state index in [1.165, 1.54) is 0 Å². The Balaban J connectivity index is 1.63. The molecule has 26 heavy (non-hydrogen) atoms. The van der Waals surface area contributed by atoms with Crippen LogP contribution in [0.15, 0.2) is 24.3 Å². The van der Waals surface area contributed by atoms with Crippen LogP contribution in [0.2, 0.25) is 0 Å². The molecule has 0 unspecified atom stereocenters. The number of hydrogen-bond acceptors (Lipinski definition) is 5. The predicted octanol–water partition coefficient (Wildman–Crippen LogP) is 2.57. The average Bonchev–Trinajstić information content (AvgIpc) is 3.02. The van der Waals surface area contributed by atoms with E-state index >= 15 is 0 Å². The molecule has 2 heterocycles. The average molecular weight is 392 g/mol. The Morgan fingerprint density at radius 3 is 2.50 bits per heavy atom. The molecule has 1 atom stereocenters. The Labute approximate surface area is 162 Å². The van der Waals surface area contributed by atoms with Gasteiger partial charge in [-0.05, 0) is 42.4 Å². The van der Waals surface area contributed by atoms with Crippen molar-refractivity contribution in [3.05, 3.63) is 34.7 Å². The Kier molecular flexibility index (Phi) is 6.21. The third-order valence-corrected chi connectivity index (χ3v) is 6.77. The molecule has 1 aliphatic rings. The monoisotopic (exact) mass is 391 g/mol. The second-order valence-electron chi connectivity index (χ2n) is 6.56. The first-order valence-electron chi connectivity index (χ1n) is 8.83. The second kappa shape index (κ2) is 8.41. The Bertz CT molecular complexity index is 797. The van der Waals surface area contributed by atoms with Gasteiger partial charge in [-0.15, -0.1) is 11.3 Å². The molecule has 7 heteroatoms. The first-order chi connectivity index (χ1) is 12.5. The fourth-order valence-corrected chi connectivity index (χ4v) is 4.92. The summed E-state index contributed by atoms with van der Waals surface area (Å²) in [5, 5.41) is 1.15. The van der Waals surface area contributed by atoms with Gasteiger partial charge in [0.05, 0.1) is 10.9 Å². The van der Waals surface area contributed by atoms with Crippen molar-refractivity contribution in [3.8, 4) is 0 Å². The summed E-state index contributed by atoms with van der Waals surface area (Å²) in [5.74, 6) is 0.961. The summed E-state index contributed by atoms with van der Waals surface area (Å²) >= 11 is 3.25. The number of thioether (sulfide) groups is 1. The van der Waals surface area contributed by atoms with E-state index < -0.39 is 6.04 Å². The number of benzene rings is 1. The molecule has 3 rings (SSSR count). The molecule has 0 saturated carbocycles. The van der Waals surface area contributed by atoms with Gasteiger partial charge in [-0.2, -0.15) is 11.8 Å². The van der Waals surface area contributed by atoms with E-state index in [-0.39, 0.29) is 11.8 Å². The highest BCUT2D eigenvalue weighted by Crippen LogP contribution is 2.31. The zero-order chi connectivity index (χ0) is 18.7. The lowest BCUT2D eigenvalue weighted by molar-refractivity contribution is -0.134. The molecule has 1 fully saturated rings. The molecule has 0 radical (unpaired) electrons. The van der Waals surface area contributed by atoms with Crippen molar-refractivity contribution in [3.63, 3.8) is 0 Å². The van der Waals surface area contributed by atoms with E-state index in [0.717, 1.165) is 26.3 Å². The van der Waals surface area contributed by atoms with Crippen LogP contribution < -0.4 is 5.73 Å². The third kappa shape index (κ3) is 3.89. The number of carbonyl (C=O) groups is 2. The van der Waals surface area contributed by atoms with E-state index in [2.05, 4.69) is 12.1 Å². The third-order valence-electron chi connectivity index (χ3n) is 4.87. The topological polar surface area (TPSA) is 66.6 Å². The first-order valence-corrected chi connectivity index (χ1v) is 11.0. The Morgan fingerprint density at radius 2 is 1.85 bits per heavy atom. The normalized spacial score (nSPS) is 16.1. The molecule has 0 aliphatic carbocycles. The number of carbonyl (C=O) groups excluding carboxylic acids is 2. The molecule has 0 spiro atoms. The standard InChI is InChI=1S/C19H25N3O2S2/c1-13-14-5-3-4-6-16(14)26-17(13)19(24)22-10-8-21(9-11-22)18(23)15(20)7-12-25-2/h3-6,15H,7-12,20H2,1-2H3/t15-/m0/s1. The van der Waals surface area contributed by atoms with Crippen LogP contribution in [0.1, 0.15) is 21.7 Å². The number of rotatable bonds is 5. The van der Waals surface area contributed by atoms with Gasteiger partial charge in [0.15, 0.2) is 0 Å². The van der Waals surface area contributed by atoms with Crippen LogP contribution in [0.3, 0.4) is 0 Å². The predicted molar refractivity (Wildman–Crippen MR) is 110 cm³/mol. The molecule has 2 aromatic rings. The molecule has 2 N–H and O–H groups in total. The van der Waals surface area contributed by atoms with Crippen LogP contribution in [0.5, 0.6) is 0 Å². The van der Waals surface area contributed by atoms with Crippen molar-refractivity contribution < 1.29 is 9.59 Å². The molecule has 2 amide bonds. The second-order valence-corrected chi connectivity index (χ2v) is 8.60. The molecule has 1 aromatic heterocycles. The van der Waals surface area contributed by atoms with E-state index in [1.54, 1.807) is 28.0 Å². The number of thiophene rings is 1. The van der Waals surface area contributed by atoms with Gasteiger partial charge < -0.3 is 15.5 Å². The highest BCUT2D eigenvalue weighted by Gasteiger charge is 2.28. The van der Waals surface area contributed by atoms with Crippen LogP contribution in [0, 0.1) is 6.92 Å². The molecular weight excluding hydrogens is 366 g/mol. The Morgan fingerprint density at radius 1 is 1.19 bits per heavy atom. The van der Waals surface area contributed by atoms with Crippen LogP contribution >= 0.6 is 23.1 Å². The molecule has 1 saturated heterocycles. The number of amides is 2. The summed E-state index contributed by atoms with van der Waals surface area (Å²) in [6.45, 7) is 4.25. The molecule has 140 valence electrons. The number of nitrogens with zero attached hydrogens (tertiary/aromatic N) is 2. The zero-order valence-electron chi connectivity index (χ0n) is 15.2. The van der Waals surface area contributed by atoms with E-state index in [9.17, 15) is 9.59 Å².